The van der Waals surface area contributed by atoms with Gasteiger partial charge in [0.25, 0.3) is 0 Å². The van der Waals surface area contributed by atoms with Gasteiger partial charge in [0.2, 0.25) is 5.91 Å². The second-order valence-electron chi connectivity index (χ2n) is 6.77. The molecule has 146 valence electrons. The molecule has 4 rings (SSSR count). The van der Waals surface area contributed by atoms with E-state index in [1.165, 1.54) is 0 Å². The molecule has 3 aromatic rings. The number of aromatic nitrogens is 3. The van der Waals surface area contributed by atoms with E-state index in [9.17, 15) is 4.79 Å². The molecule has 1 amide bonds. The number of halogens is 2. The summed E-state index contributed by atoms with van der Waals surface area (Å²) in [4.78, 5) is 26.4. The van der Waals surface area contributed by atoms with Crippen LogP contribution in [0.4, 0.5) is 11.5 Å². The summed E-state index contributed by atoms with van der Waals surface area (Å²) in [7, 11) is 0. The maximum atomic E-state index is 12.4. The van der Waals surface area contributed by atoms with Crippen molar-refractivity contribution in [3.05, 3.63) is 46.8 Å². The van der Waals surface area contributed by atoms with Crippen molar-refractivity contribution in [2.75, 3.05) is 29.9 Å². The zero-order valence-electron chi connectivity index (χ0n) is 15.1. The van der Waals surface area contributed by atoms with Gasteiger partial charge >= 0.3 is 0 Å². The molecule has 0 bridgehead atoms. The molecule has 1 aliphatic heterocycles. The van der Waals surface area contributed by atoms with Gasteiger partial charge < -0.3 is 20.5 Å². The highest BCUT2D eigenvalue weighted by atomic mass is 35.5. The fourth-order valence-electron chi connectivity index (χ4n) is 3.49. The lowest BCUT2D eigenvalue weighted by molar-refractivity contribution is -0.120. The molecule has 7 nitrogen and oxygen atoms in total. The van der Waals surface area contributed by atoms with Gasteiger partial charge in [-0.3, -0.25) is 4.79 Å². The van der Waals surface area contributed by atoms with E-state index in [2.05, 4.69) is 30.5 Å². The Morgan fingerprint density at radius 3 is 3.07 bits per heavy atom. The van der Waals surface area contributed by atoms with Crippen molar-refractivity contribution in [2.24, 2.45) is 0 Å². The fourth-order valence-corrected chi connectivity index (χ4v) is 3.84. The number of hydrogen-bond donors (Lipinski definition) is 3. The lowest BCUT2D eigenvalue weighted by Gasteiger charge is -2.34. The van der Waals surface area contributed by atoms with E-state index in [-0.39, 0.29) is 18.5 Å². The molecule has 1 fully saturated rings. The van der Waals surface area contributed by atoms with Gasteiger partial charge in [0.05, 0.1) is 22.6 Å². The van der Waals surface area contributed by atoms with Gasteiger partial charge in [0.15, 0.2) is 0 Å². The number of nitrogens with zero attached hydrogens (tertiary/aromatic N) is 3. The third kappa shape index (κ3) is 4.15. The quantitative estimate of drug-likeness (QED) is 0.590. The summed E-state index contributed by atoms with van der Waals surface area (Å²) < 4.78 is 0. The fraction of sp³-hybridized carbons (Fsp3) is 0.316. The summed E-state index contributed by atoms with van der Waals surface area (Å²) in [6.07, 6.45) is 5.34. The minimum Gasteiger partial charge on any atom is -0.375 e. The van der Waals surface area contributed by atoms with Crippen LogP contribution < -0.4 is 15.5 Å². The first-order valence-electron chi connectivity index (χ1n) is 9.11. The second kappa shape index (κ2) is 8.24. The molecule has 1 saturated heterocycles. The first-order chi connectivity index (χ1) is 13.6. The maximum absolute atomic E-state index is 12.4. The van der Waals surface area contributed by atoms with E-state index >= 15 is 0 Å². The number of aromatic amines is 1. The van der Waals surface area contributed by atoms with E-state index < -0.39 is 0 Å². The van der Waals surface area contributed by atoms with Crippen LogP contribution in [0.2, 0.25) is 10.0 Å². The van der Waals surface area contributed by atoms with Crippen molar-refractivity contribution in [3.8, 4) is 0 Å². The van der Waals surface area contributed by atoms with Crippen molar-refractivity contribution in [1.29, 1.82) is 0 Å². The lowest BCUT2D eigenvalue weighted by atomic mass is 10.1. The van der Waals surface area contributed by atoms with Crippen molar-refractivity contribution < 1.29 is 4.79 Å². The highest BCUT2D eigenvalue weighted by Gasteiger charge is 2.23. The van der Waals surface area contributed by atoms with Crippen molar-refractivity contribution >= 4 is 51.6 Å². The van der Waals surface area contributed by atoms with Crippen LogP contribution in [0.15, 0.2) is 36.8 Å². The molecule has 1 atom stereocenters. The average molecular weight is 419 g/mol. The van der Waals surface area contributed by atoms with Gasteiger partial charge in [0, 0.05) is 30.4 Å². The number of amides is 1. The Hall–Kier alpha value is -2.51. The zero-order valence-corrected chi connectivity index (χ0v) is 16.6. The molecule has 2 aromatic heterocycles. The third-order valence-electron chi connectivity index (χ3n) is 4.79. The van der Waals surface area contributed by atoms with E-state index in [0.29, 0.717) is 22.3 Å². The number of carbonyl (C=O) groups is 1. The number of H-pyrrole nitrogens is 1. The molecule has 9 heteroatoms. The first kappa shape index (κ1) is 18.8. The van der Waals surface area contributed by atoms with Crippen LogP contribution in [-0.2, 0) is 4.79 Å². The van der Waals surface area contributed by atoms with Gasteiger partial charge in [-0.25, -0.2) is 9.97 Å². The Kier molecular flexibility index (Phi) is 5.54. The Morgan fingerprint density at radius 1 is 1.29 bits per heavy atom. The number of anilines is 2. The minimum absolute atomic E-state index is 0.0573. The van der Waals surface area contributed by atoms with Crippen LogP contribution in [0.3, 0.4) is 0 Å². The zero-order chi connectivity index (χ0) is 19.5. The highest BCUT2D eigenvalue weighted by molar-refractivity contribution is 6.35. The molecule has 0 radical (unpaired) electrons. The number of hydrogen-bond acceptors (Lipinski definition) is 5. The SMILES string of the molecule is O=C(CNc1cc(Cl)ccc1Cl)N[C@@H]1CCCN(c2ncnc3[nH]ccc23)C1. The molecule has 1 aromatic carbocycles. The molecule has 3 N–H and O–H groups in total. The Morgan fingerprint density at radius 2 is 2.18 bits per heavy atom. The Balaban J connectivity index is 1.36. The van der Waals surface area contributed by atoms with Crippen molar-refractivity contribution in [2.45, 2.75) is 18.9 Å². The molecule has 0 aliphatic carbocycles. The van der Waals surface area contributed by atoms with Crippen molar-refractivity contribution in [1.82, 2.24) is 20.3 Å². The summed E-state index contributed by atoms with van der Waals surface area (Å²) in [5.74, 6) is 0.811. The van der Waals surface area contributed by atoms with Crippen LogP contribution in [0, 0.1) is 0 Å². The standard InChI is InChI=1S/C19H20Cl2N6O/c20-12-3-4-15(21)16(8-12)23-9-17(28)26-13-2-1-7-27(10-13)19-14-5-6-22-18(14)24-11-25-19/h3-6,8,11,13,23H,1-2,7,9-10H2,(H,26,28)(H,22,24,25)/t13-/m1/s1. The van der Waals surface area contributed by atoms with Gasteiger partial charge in [-0.1, -0.05) is 23.2 Å². The van der Waals surface area contributed by atoms with E-state index in [1.807, 2.05) is 12.3 Å². The van der Waals surface area contributed by atoms with Gasteiger partial charge in [0.1, 0.15) is 17.8 Å². The number of fused-ring (bicyclic) bond motifs is 1. The summed E-state index contributed by atoms with van der Waals surface area (Å²) in [6.45, 7) is 1.74. The Bertz CT molecular complexity index is 991. The predicted octanol–water partition coefficient (Wildman–Crippen LogP) is 3.46. The minimum atomic E-state index is -0.0858. The molecule has 28 heavy (non-hydrogen) atoms. The monoisotopic (exact) mass is 418 g/mol. The van der Waals surface area contributed by atoms with Crippen LogP contribution >= 0.6 is 23.2 Å². The van der Waals surface area contributed by atoms with Crippen molar-refractivity contribution in [3.63, 3.8) is 0 Å². The molecule has 3 heterocycles. The number of carbonyl (C=O) groups excluding carboxylic acids is 1. The smallest absolute Gasteiger partial charge is 0.239 e. The normalized spacial score (nSPS) is 16.9. The topological polar surface area (TPSA) is 85.9 Å². The van der Waals surface area contributed by atoms with E-state index in [4.69, 9.17) is 23.2 Å². The number of nitrogens with one attached hydrogen (secondary N) is 3. The first-order valence-corrected chi connectivity index (χ1v) is 9.87. The highest BCUT2D eigenvalue weighted by Crippen LogP contribution is 2.26. The van der Waals surface area contributed by atoms with Gasteiger partial charge in [-0.05, 0) is 37.1 Å². The molecular formula is C19H20Cl2N6O. The molecule has 1 aliphatic rings. The van der Waals surface area contributed by atoms with Gasteiger partial charge in [-0.15, -0.1) is 0 Å². The van der Waals surface area contributed by atoms with Crippen LogP contribution in [0.5, 0.6) is 0 Å². The van der Waals surface area contributed by atoms with Gasteiger partial charge in [-0.2, -0.15) is 0 Å². The molecular weight excluding hydrogens is 399 g/mol. The van der Waals surface area contributed by atoms with Crippen LogP contribution in [0.1, 0.15) is 12.8 Å². The molecule has 0 unspecified atom stereocenters. The van der Waals surface area contributed by atoms with Crippen LogP contribution in [-0.4, -0.2) is 46.5 Å². The second-order valence-corrected chi connectivity index (χ2v) is 7.61. The average Bonchev–Trinajstić information content (AvgIpc) is 3.18. The van der Waals surface area contributed by atoms with E-state index in [1.54, 1.807) is 24.5 Å². The van der Waals surface area contributed by atoms with E-state index in [0.717, 1.165) is 36.2 Å². The predicted molar refractivity (Wildman–Crippen MR) is 112 cm³/mol. The third-order valence-corrected chi connectivity index (χ3v) is 5.35. The molecule has 0 saturated carbocycles. The summed E-state index contributed by atoms with van der Waals surface area (Å²) in [5.41, 5.74) is 1.46. The number of rotatable bonds is 5. The van der Waals surface area contributed by atoms with Crippen LogP contribution in [0.25, 0.3) is 11.0 Å². The maximum Gasteiger partial charge on any atom is 0.239 e. The summed E-state index contributed by atoms with van der Waals surface area (Å²) in [5, 5.41) is 8.22. The lowest BCUT2D eigenvalue weighted by Crippen LogP contribution is -2.49. The largest absolute Gasteiger partial charge is 0.375 e. The summed E-state index contributed by atoms with van der Waals surface area (Å²) in [6, 6.07) is 7.15. The number of benzene rings is 1. The molecule has 0 spiro atoms. The summed E-state index contributed by atoms with van der Waals surface area (Å²) >= 11 is 12.1. The number of piperidine rings is 1. The Labute approximate surface area is 172 Å².